The summed E-state index contributed by atoms with van der Waals surface area (Å²) in [5.41, 5.74) is 1.24. The van der Waals surface area contributed by atoms with Crippen LogP contribution < -0.4 is 14.8 Å². The first-order chi connectivity index (χ1) is 14.1. The molecule has 2 rings (SSSR count). The number of benzene rings is 2. The SMILES string of the molecule is CCCCCCCOc1ccc(NC(=O)c2cc(Br)ccc2OCCCC)cc1. The Morgan fingerprint density at radius 3 is 2.28 bits per heavy atom. The van der Waals surface area contributed by atoms with Crippen LogP contribution in [0, 0.1) is 0 Å². The highest BCUT2D eigenvalue weighted by Crippen LogP contribution is 2.25. The fourth-order valence-electron chi connectivity index (χ4n) is 2.86. The fourth-order valence-corrected chi connectivity index (χ4v) is 3.22. The number of nitrogens with one attached hydrogen (secondary N) is 1. The van der Waals surface area contributed by atoms with E-state index >= 15 is 0 Å². The molecule has 0 aliphatic carbocycles. The van der Waals surface area contributed by atoms with Crippen LogP contribution in [0.4, 0.5) is 5.69 Å². The van der Waals surface area contributed by atoms with Gasteiger partial charge in [0.25, 0.3) is 5.91 Å². The van der Waals surface area contributed by atoms with Crippen LogP contribution in [0.5, 0.6) is 11.5 Å². The zero-order valence-electron chi connectivity index (χ0n) is 17.5. The van der Waals surface area contributed by atoms with Crippen molar-refractivity contribution in [3.8, 4) is 11.5 Å². The number of ether oxygens (including phenoxy) is 2. The van der Waals surface area contributed by atoms with E-state index in [1.165, 1.54) is 25.7 Å². The maximum absolute atomic E-state index is 12.8. The van der Waals surface area contributed by atoms with Crippen LogP contribution >= 0.6 is 15.9 Å². The lowest BCUT2D eigenvalue weighted by atomic mass is 10.1. The Bertz CT molecular complexity index is 746. The monoisotopic (exact) mass is 461 g/mol. The van der Waals surface area contributed by atoms with E-state index in [0.717, 1.165) is 41.8 Å². The Hall–Kier alpha value is -2.01. The lowest BCUT2D eigenvalue weighted by Crippen LogP contribution is -2.14. The topological polar surface area (TPSA) is 47.6 Å². The predicted molar refractivity (Wildman–Crippen MR) is 123 cm³/mol. The first kappa shape index (κ1) is 23.3. The van der Waals surface area contributed by atoms with E-state index in [2.05, 4.69) is 35.1 Å². The number of carbonyl (C=O) groups is 1. The summed E-state index contributed by atoms with van der Waals surface area (Å²) < 4.78 is 12.4. The molecule has 0 aliphatic heterocycles. The molecule has 2 aromatic carbocycles. The van der Waals surface area contributed by atoms with Crippen LogP contribution in [-0.4, -0.2) is 19.1 Å². The van der Waals surface area contributed by atoms with E-state index in [9.17, 15) is 4.79 Å². The molecule has 158 valence electrons. The van der Waals surface area contributed by atoms with Gasteiger partial charge in [-0.25, -0.2) is 0 Å². The van der Waals surface area contributed by atoms with Crippen molar-refractivity contribution in [2.75, 3.05) is 18.5 Å². The normalized spacial score (nSPS) is 10.6. The van der Waals surface area contributed by atoms with Crippen molar-refractivity contribution in [2.24, 2.45) is 0 Å². The smallest absolute Gasteiger partial charge is 0.259 e. The molecule has 0 atom stereocenters. The first-order valence-electron chi connectivity index (χ1n) is 10.6. The number of carbonyl (C=O) groups excluding carboxylic acids is 1. The van der Waals surface area contributed by atoms with Gasteiger partial charge >= 0.3 is 0 Å². The zero-order valence-corrected chi connectivity index (χ0v) is 19.1. The average Bonchev–Trinajstić information content (AvgIpc) is 2.73. The average molecular weight is 462 g/mol. The number of unbranched alkanes of at least 4 members (excludes halogenated alkanes) is 5. The standard InChI is InChI=1S/C24H32BrNO3/c1-3-5-7-8-9-17-28-21-13-11-20(12-14-21)26-24(27)22-18-19(25)10-15-23(22)29-16-6-4-2/h10-15,18H,3-9,16-17H2,1-2H3,(H,26,27). The second-order valence-corrected chi connectivity index (χ2v) is 8.00. The van der Waals surface area contributed by atoms with Crippen LogP contribution in [0.25, 0.3) is 0 Å². The van der Waals surface area contributed by atoms with Crippen molar-refractivity contribution < 1.29 is 14.3 Å². The van der Waals surface area contributed by atoms with Crippen molar-refractivity contribution in [3.63, 3.8) is 0 Å². The van der Waals surface area contributed by atoms with Gasteiger partial charge in [-0.05, 0) is 55.3 Å². The molecule has 0 unspecified atom stereocenters. The van der Waals surface area contributed by atoms with E-state index in [4.69, 9.17) is 9.47 Å². The molecule has 0 spiro atoms. The van der Waals surface area contributed by atoms with Gasteiger partial charge in [-0.3, -0.25) is 4.79 Å². The van der Waals surface area contributed by atoms with Crippen molar-refractivity contribution in [1.29, 1.82) is 0 Å². The summed E-state index contributed by atoms with van der Waals surface area (Å²) in [7, 11) is 0. The summed E-state index contributed by atoms with van der Waals surface area (Å²) in [6, 6.07) is 13.0. The Morgan fingerprint density at radius 2 is 1.55 bits per heavy atom. The van der Waals surface area contributed by atoms with Crippen molar-refractivity contribution >= 4 is 27.5 Å². The minimum Gasteiger partial charge on any atom is -0.494 e. The molecular weight excluding hydrogens is 430 g/mol. The molecule has 0 aromatic heterocycles. The number of hydrogen-bond donors (Lipinski definition) is 1. The molecule has 1 N–H and O–H groups in total. The van der Waals surface area contributed by atoms with Gasteiger partial charge in [0.05, 0.1) is 18.8 Å². The number of anilines is 1. The molecule has 0 saturated carbocycles. The molecule has 4 nitrogen and oxygen atoms in total. The van der Waals surface area contributed by atoms with E-state index in [0.29, 0.717) is 17.9 Å². The van der Waals surface area contributed by atoms with Gasteiger partial charge in [0.1, 0.15) is 11.5 Å². The van der Waals surface area contributed by atoms with Gasteiger partial charge in [-0.1, -0.05) is 61.9 Å². The van der Waals surface area contributed by atoms with E-state index < -0.39 is 0 Å². The predicted octanol–water partition coefficient (Wildman–Crippen LogP) is 7.23. The summed E-state index contributed by atoms with van der Waals surface area (Å²) in [6.07, 6.45) is 8.09. The fraction of sp³-hybridized carbons (Fsp3) is 0.458. The summed E-state index contributed by atoms with van der Waals surface area (Å²) in [5, 5.41) is 2.94. The first-order valence-corrected chi connectivity index (χ1v) is 11.4. The van der Waals surface area contributed by atoms with Gasteiger partial charge < -0.3 is 14.8 Å². The highest BCUT2D eigenvalue weighted by Gasteiger charge is 2.14. The van der Waals surface area contributed by atoms with Crippen LogP contribution in [0.3, 0.4) is 0 Å². The molecule has 5 heteroatoms. The summed E-state index contributed by atoms with van der Waals surface area (Å²) >= 11 is 3.43. The lowest BCUT2D eigenvalue weighted by molar-refractivity contribution is 0.102. The van der Waals surface area contributed by atoms with Gasteiger partial charge in [0.15, 0.2) is 0 Å². The summed E-state index contributed by atoms with van der Waals surface area (Å²) in [5.74, 6) is 1.23. The van der Waals surface area contributed by atoms with E-state index in [1.54, 1.807) is 6.07 Å². The third kappa shape index (κ3) is 8.48. The van der Waals surface area contributed by atoms with Crippen LogP contribution in [0.2, 0.25) is 0 Å². The Kier molecular flexibility index (Phi) is 10.6. The molecule has 2 aromatic rings. The molecule has 0 heterocycles. The molecule has 1 amide bonds. The summed E-state index contributed by atoms with van der Waals surface area (Å²) in [4.78, 5) is 12.8. The Balaban J connectivity index is 1.89. The van der Waals surface area contributed by atoms with Crippen molar-refractivity contribution in [3.05, 3.63) is 52.5 Å². The van der Waals surface area contributed by atoms with Crippen LogP contribution in [0.1, 0.15) is 69.2 Å². The highest BCUT2D eigenvalue weighted by molar-refractivity contribution is 9.10. The number of halogens is 1. The number of amides is 1. The molecule has 0 radical (unpaired) electrons. The summed E-state index contributed by atoms with van der Waals surface area (Å²) in [6.45, 7) is 5.65. The minimum atomic E-state index is -0.192. The molecule has 0 fully saturated rings. The maximum atomic E-state index is 12.8. The maximum Gasteiger partial charge on any atom is 0.259 e. The largest absolute Gasteiger partial charge is 0.494 e. The molecule has 0 aliphatic rings. The molecule has 0 saturated heterocycles. The second-order valence-electron chi connectivity index (χ2n) is 7.08. The van der Waals surface area contributed by atoms with Crippen molar-refractivity contribution in [2.45, 2.75) is 58.8 Å². The quantitative estimate of drug-likeness (QED) is 0.320. The van der Waals surface area contributed by atoms with E-state index in [-0.39, 0.29) is 5.91 Å². The van der Waals surface area contributed by atoms with Crippen LogP contribution in [-0.2, 0) is 0 Å². The van der Waals surface area contributed by atoms with Gasteiger partial charge in [-0.2, -0.15) is 0 Å². The van der Waals surface area contributed by atoms with Crippen LogP contribution in [0.15, 0.2) is 46.9 Å². The van der Waals surface area contributed by atoms with Gasteiger partial charge in [0.2, 0.25) is 0 Å². The number of rotatable bonds is 13. The Morgan fingerprint density at radius 1 is 0.862 bits per heavy atom. The highest BCUT2D eigenvalue weighted by atomic mass is 79.9. The van der Waals surface area contributed by atoms with Gasteiger partial charge in [0, 0.05) is 10.2 Å². The number of hydrogen-bond acceptors (Lipinski definition) is 3. The zero-order chi connectivity index (χ0) is 20.9. The molecular formula is C24H32BrNO3. The third-order valence-corrected chi connectivity index (χ3v) is 5.06. The lowest BCUT2D eigenvalue weighted by Gasteiger charge is -2.12. The Labute approximate surface area is 183 Å². The minimum absolute atomic E-state index is 0.192. The third-order valence-electron chi connectivity index (χ3n) is 4.57. The second kappa shape index (κ2) is 13.3. The molecule has 0 bridgehead atoms. The van der Waals surface area contributed by atoms with E-state index in [1.807, 2.05) is 36.4 Å². The van der Waals surface area contributed by atoms with Crippen molar-refractivity contribution in [1.82, 2.24) is 0 Å². The van der Waals surface area contributed by atoms with Gasteiger partial charge in [-0.15, -0.1) is 0 Å². The molecule has 29 heavy (non-hydrogen) atoms.